The maximum Gasteiger partial charge on any atom is 0.145 e. The first-order valence-corrected chi connectivity index (χ1v) is 14.9. The molecule has 2 aromatic heterocycles. The zero-order chi connectivity index (χ0) is 28.5. The van der Waals surface area contributed by atoms with E-state index < -0.39 is 6.10 Å². The number of carbonyl (C=O) groups is 1. The van der Waals surface area contributed by atoms with E-state index >= 15 is 0 Å². The van der Waals surface area contributed by atoms with Gasteiger partial charge in [-0.15, -0.1) is 0 Å². The minimum atomic E-state index is -0.781. The average molecular weight is 811 g/mol. The van der Waals surface area contributed by atoms with Crippen molar-refractivity contribution >= 4 is 83.9 Å². The summed E-state index contributed by atoms with van der Waals surface area (Å²) >= 11 is 20.2. The molecule has 0 radical (unpaired) electrons. The Kier molecular flexibility index (Phi) is 17.0. The molecule has 1 N–H and O–H groups in total. The first-order valence-electron chi connectivity index (χ1n) is 11.4. The van der Waals surface area contributed by atoms with Crippen molar-refractivity contribution < 1.29 is 19.4 Å². The van der Waals surface area contributed by atoms with E-state index in [9.17, 15) is 9.90 Å². The molecule has 0 aliphatic rings. The van der Waals surface area contributed by atoms with Gasteiger partial charge in [-0.2, -0.15) is 0 Å². The molecule has 0 aliphatic carbocycles. The van der Waals surface area contributed by atoms with Crippen LogP contribution >= 0.6 is 77.7 Å². The molecular formula is C28H25Br2Cl2IN2O4. The number of nitrogens with zero attached hydrogens (tertiary/aromatic N) is 2. The Morgan fingerprint density at radius 3 is 1.79 bits per heavy atom. The van der Waals surface area contributed by atoms with E-state index in [1.165, 1.54) is 0 Å². The van der Waals surface area contributed by atoms with Crippen molar-refractivity contribution in [2.45, 2.75) is 19.3 Å². The molecule has 0 saturated heterocycles. The number of pyridine rings is 2. The second kappa shape index (κ2) is 19.6. The zero-order valence-corrected chi connectivity index (χ0v) is 27.4. The van der Waals surface area contributed by atoms with E-state index in [0.29, 0.717) is 28.5 Å². The van der Waals surface area contributed by atoms with Crippen LogP contribution in [0.3, 0.4) is 0 Å². The third-order valence-corrected chi connectivity index (χ3v) is 7.32. The summed E-state index contributed by atoms with van der Waals surface area (Å²) in [6.07, 6.45) is -0.0278. The molecule has 39 heavy (non-hydrogen) atoms. The predicted molar refractivity (Wildman–Crippen MR) is 170 cm³/mol. The van der Waals surface area contributed by atoms with Crippen LogP contribution in [0.5, 0.6) is 0 Å². The van der Waals surface area contributed by atoms with Crippen LogP contribution in [0.4, 0.5) is 0 Å². The molecule has 2 heterocycles. The van der Waals surface area contributed by atoms with Crippen LogP contribution in [0.1, 0.15) is 22.8 Å². The Morgan fingerprint density at radius 1 is 0.795 bits per heavy atom. The van der Waals surface area contributed by atoms with Crippen LogP contribution in [0, 0.1) is 3.57 Å². The molecule has 0 fully saturated rings. The number of halogens is 5. The van der Waals surface area contributed by atoms with Gasteiger partial charge >= 0.3 is 0 Å². The number of ether oxygens (including phenoxy) is 2. The van der Waals surface area contributed by atoms with Gasteiger partial charge in [0.15, 0.2) is 0 Å². The van der Waals surface area contributed by atoms with Crippen LogP contribution in [0.25, 0.3) is 0 Å². The van der Waals surface area contributed by atoms with Crippen molar-refractivity contribution in [1.82, 2.24) is 9.97 Å². The topological polar surface area (TPSA) is 81.5 Å². The minimum Gasteiger partial charge on any atom is -0.386 e. The lowest BCUT2D eigenvalue weighted by molar-refractivity contribution is -0.112. The SMILES string of the molecule is Clc1nc(Br)ccc1I.O=CCOCc1ccccc1.OC(COCc1ccccc1)c1ccc(Br)nc1Cl. The largest absolute Gasteiger partial charge is 0.386 e. The lowest BCUT2D eigenvalue weighted by Crippen LogP contribution is -2.08. The van der Waals surface area contributed by atoms with Gasteiger partial charge in [0.1, 0.15) is 38.5 Å². The number of benzene rings is 2. The highest BCUT2D eigenvalue weighted by atomic mass is 127. The number of aliphatic hydroxyl groups excluding tert-OH is 1. The second-order valence-electron chi connectivity index (χ2n) is 7.60. The van der Waals surface area contributed by atoms with Crippen molar-refractivity contribution in [3.8, 4) is 0 Å². The molecule has 0 amide bonds. The average Bonchev–Trinajstić information content (AvgIpc) is 2.93. The lowest BCUT2D eigenvalue weighted by Gasteiger charge is -2.12. The highest BCUT2D eigenvalue weighted by Gasteiger charge is 2.13. The Morgan fingerprint density at radius 2 is 1.31 bits per heavy atom. The molecule has 0 saturated carbocycles. The summed E-state index contributed by atoms with van der Waals surface area (Å²) in [6.45, 7) is 1.33. The highest BCUT2D eigenvalue weighted by molar-refractivity contribution is 14.1. The fourth-order valence-electron chi connectivity index (χ4n) is 2.82. The molecular weight excluding hydrogens is 786 g/mol. The summed E-state index contributed by atoms with van der Waals surface area (Å²) in [5.74, 6) is 0. The molecule has 0 spiro atoms. The van der Waals surface area contributed by atoms with Gasteiger partial charge in [0.2, 0.25) is 0 Å². The van der Waals surface area contributed by atoms with E-state index in [4.69, 9.17) is 32.7 Å². The van der Waals surface area contributed by atoms with Crippen LogP contribution in [0.2, 0.25) is 10.3 Å². The Bertz CT molecular complexity index is 1280. The van der Waals surface area contributed by atoms with Gasteiger partial charge in [0.25, 0.3) is 0 Å². The van der Waals surface area contributed by atoms with E-state index in [1.54, 1.807) is 12.1 Å². The summed E-state index contributed by atoms with van der Waals surface area (Å²) in [6, 6.07) is 26.8. The quantitative estimate of drug-likeness (QED) is 0.0795. The van der Waals surface area contributed by atoms with Crippen molar-refractivity contribution in [2.24, 2.45) is 0 Å². The number of hydrogen-bond acceptors (Lipinski definition) is 6. The molecule has 206 valence electrons. The monoisotopic (exact) mass is 808 g/mol. The molecule has 6 nitrogen and oxygen atoms in total. The first-order chi connectivity index (χ1) is 18.8. The minimum absolute atomic E-state index is 0.175. The molecule has 0 aliphatic heterocycles. The molecule has 4 rings (SSSR count). The van der Waals surface area contributed by atoms with Gasteiger partial charge in [-0.25, -0.2) is 9.97 Å². The third kappa shape index (κ3) is 14.1. The number of hydrogen-bond donors (Lipinski definition) is 1. The summed E-state index contributed by atoms with van der Waals surface area (Å²) in [5, 5.41) is 10.8. The van der Waals surface area contributed by atoms with Gasteiger partial charge in [-0.3, -0.25) is 0 Å². The van der Waals surface area contributed by atoms with Gasteiger partial charge in [-0.1, -0.05) is 89.9 Å². The van der Waals surface area contributed by atoms with E-state index in [0.717, 1.165) is 25.6 Å². The van der Waals surface area contributed by atoms with Crippen LogP contribution in [-0.2, 0) is 27.5 Å². The van der Waals surface area contributed by atoms with Gasteiger partial charge in [0, 0.05) is 5.56 Å². The van der Waals surface area contributed by atoms with E-state index in [2.05, 4.69) is 64.4 Å². The van der Waals surface area contributed by atoms with E-state index in [-0.39, 0.29) is 18.4 Å². The van der Waals surface area contributed by atoms with Crippen LogP contribution < -0.4 is 0 Å². The summed E-state index contributed by atoms with van der Waals surface area (Å²) in [5.41, 5.74) is 2.72. The number of rotatable bonds is 9. The first kappa shape index (κ1) is 33.8. The van der Waals surface area contributed by atoms with Crippen molar-refractivity contribution in [1.29, 1.82) is 0 Å². The van der Waals surface area contributed by atoms with Gasteiger partial charge in [0.05, 0.1) is 23.4 Å². The molecule has 11 heteroatoms. The Hall–Kier alpha value is -1.44. The van der Waals surface area contributed by atoms with Gasteiger partial charge < -0.3 is 19.4 Å². The van der Waals surface area contributed by atoms with Gasteiger partial charge in [-0.05, 0) is 83.8 Å². The Labute approximate surface area is 268 Å². The maximum absolute atomic E-state index is 10.0. The fraction of sp³-hybridized carbons (Fsp3) is 0.179. The number of aliphatic hydroxyl groups is 1. The van der Waals surface area contributed by atoms with Crippen LogP contribution in [-0.4, -0.2) is 34.6 Å². The molecule has 1 unspecified atom stereocenters. The van der Waals surface area contributed by atoms with Crippen LogP contribution in [0.15, 0.2) is 94.1 Å². The summed E-state index contributed by atoms with van der Waals surface area (Å²) in [7, 11) is 0. The zero-order valence-electron chi connectivity index (χ0n) is 20.5. The van der Waals surface area contributed by atoms with E-state index in [1.807, 2.05) is 72.8 Å². The number of carbonyl (C=O) groups excluding carboxylic acids is 1. The maximum atomic E-state index is 10.0. The van der Waals surface area contributed by atoms with Crippen molar-refractivity contribution in [3.05, 3.63) is 125 Å². The smallest absolute Gasteiger partial charge is 0.145 e. The van der Waals surface area contributed by atoms with Crippen molar-refractivity contribution in [3.63, 3.8) is 0 Å². The lowest BCUT2D eigenvalue weighted by atomic mass is 10.2. The molecule has 1 atom stereocenters. The third-order valence-electron chi connectivity index (χ3n) is 4.66. The predicted octanol–water partition coefficient (Wildman–Crippen LogP) is 8.25. The summed E-state index contributed by atoms with van der Waals surface area (Å²) < 4.78 is 12.9. The van der Waals surface area contributed by atoms with Crippen molar-refractivity contribution in [2.75, 3.05) is 13.2 Å². The molecule has 2 aromatic carbocycles. The summed E-state index contributed by atoms with van der Waals surface area (Å²) in [4.78, 5) is 17.8. The Balaban J connectivity index is 0.000000226. The normalized spacial score (nSPS) is 10.9. The molecule has 4 aromatic rings. The second-order valence-corrected chi connectivity index (χ2v) is 11.1. The standard InChI is InChI=1S/C14H13BrClNO2.C9H10O2.C5H2BrClIN/c15-13-7-6-11(14(16)17-13)12(18)9-19-8-10-4-2-1-3-5-10;10-6-7-11-8-9-4-2-1-3-5-9;6-4-2-1-3(8)5(7)9-4/h1-7,12,18H,8-9H2;1-6H,7-8H2;1-2H. The fourth-order valence-corrected chi connectivity index (χ4v) is 4.38. The number of aldehydes is 1. The highest BCUT2D eigenvalue weighted by Crippen LogP contribution is 2.23. The molecule has 0 bridgehead atoms. The number of aromatic nitrogens is 2.